The van der Waals surface area contributed by atoms with Crippen LogP contribution in [0.1, 0.15) is 11.3 Å². The first-order valence-electron chi connectivity index (χ1n) is 9.10. The zero-order valence-electron chi connectivity index (χ0n) is 16.4. The van der Waals surface area contributed by atoms with Gasteiger partial charge in [-0.15, -0.1) is 0 Å². The average molecular weight is 465 g/mol. The van der Waals surface area contributed by atoms with E-state index in [2.05, 4.69) is 5.10 Å². The Bertz CT molecular complexity index is 1410. The number of hydrogen-bond acceptors (Lipinski definition) is 4. The number of rotatable bonds is 4. The van der Waals surface area contributed by atoms with Crippen LogP contribution >= 0.6 is 0 Å². The molecule has 11 heteroatoms. The minimum absolute atomic E-state index is 0.0363. The van der Waals surface area contributed by atoms with Crippen molar-refractivity contribution in [3.05, 3.63) is 77.9 Å². The SMILES string of the molecule is Cc1cc(-c2cc(C(F)(F)F)nn2-c2ccc(S(N)(=O)=O)c(F)c2)ccc1-c1ccco1. The monoisotopic (exact) mass is 465 g/mol. The smallest absolute Gasteiger partial charge is 0.435 e. The Kier molecular flexibility index (Phi) is 5.18. The van der Waals surface area contributed by atoms with Gasteiger partial charge in [0.05, 0.1) is 17.6 Å². The van der Waals surface area contributed by atoms with Gasteiger partial charge in [-0.1, -0.05) is 12.1 Å². The predicted octanol–water partition coefficient (Wildman–Crippen LogP) is 4.91. The lowest BCUT2D eigenvalue weighted by atomic mass is 10.0. The maximum atomic E-state index is 14.3. The van der Waals surface area contributed by atoms with Crippen molar-refractivity contribution in [1.82, 2.24) is 9.78 Å². The second-order valence-corrected chi connectivity index (χ2v) is 8.52. The molecular weight excluding hydrogens is 450 g/mol. The van der Waals surface area contributed by atoms with Crippen LogP contribution in [0.25, 0.3) is 28.3 Å². The normalized spacial score (nSPS) is 12.3. The fourth-order valence-corrected chi connectivity index (χ4v) is 3.89. The van der Waals surface area contributed by atoms with Gasteiger partial charge in [0.1, 0.15) is 16.5 Å². The number of furan rings is 1. The van der Waals surface area contributed by atoms with Crippen LogP contribution in [0.15, 0.2) is 70.2 Å². The van der Waals surface area contributed by atoms with Crippen molar-refractivity contribution in [3.8, 4) is 28.3 Å². The first kappa shape index (κ1) is 21.8. The number of benzene rings is 2. The Morgan fingerprint density at radius 1 is 1.06 bits per heavy atom. The second kappa shape index (κ2) is 7.61. The largest absolute Gasteiger partial charge is 0.464 e. The van der Waals surface area contributed by atoms with Gasteiger partial charge in [0, 0.05) is 17.2 Å². The van der Waals surface area contributed by atoms with Crippen molar-refractivity contribution in [2.24, 2.45) is 5.14 Å². The highest BCUT2D eigenvalue weighted by Gasteiger charge is 2.35. The lowest BCUT2D eigenvalue weighted by Crippen LogP contribution is -2.14. The third kappa shape index (κ3) is 4.04. The predicted molar refractivity (Wildman–Crippen MR) is 108 cm³/mol. The van der Waals surface area contributed by atoms with E-state index in [0.29, 0.717) is 11.3 Å². The minimum atomic E-state index is -4.75. The number of alkyl halides is 3. The van der Waals surface area contributed by atoms with E-state index in [1.807, 2.05) is 0 Å². The summed E-state index contributed by atoms with van der Waals surface area (Å²) >= 11 is 0. The summed E-state index contributed by atoms with van der Waals surface area (Å²) in [7, 11) is -4.34. The summed E-state index contributed by atoms with van der Waals surface area (Å²) in [5.41, 5.74) is 0.620. The highest BCUT2D eigenvalue weighted by Crippen LogP contribution is 2.35. The zero-order valence-corrected chi connectivity index (χ0v) is 17.2. The summed E-state index contributed by atoms with van der Waals surface area (Å²) in [5.74, 6) is -0.608. The number of halogens is 4. The van der Waals surface area contributed by atoms with E-state index in [-0.39, 0.29) is 11.4 Å². The third-order valence-corrected chi connectivity index (χ3v) is 5.72. The topological polar surface area (TPSA) is 91.1 Å². The molecule has 0 radical (unpaired) electrons. The average Bonchev–Trinajstić information content (AvgIpc) is 3.36. The fraction of sp³-hybridized carbons (Fsp3) is 0.0952. The lowest BCUT2D eigenvalue weighted by molar-refractivity contribution is -0.141. The second-order valence-electron chi connectivity index (χ2n) is 6.99. The molecule has 2 aromatic heterocycles. The molecule has 0 amide bonds. The van der Waals surface area contributed by atoms with Gasteiger partial charge in [-0.2, -0.15) is 18.3 Å². The first-order chi connectivity index (χ1) is 14.9. The summed E-state index contributed by atoms with van der Waals surface area (Å²) < 4.78 is 83.7. The highest BCUT2D eigenvalue weighted by atomic mass is 32.2. The van der Waals surface area contributed by atoms with E-state index in [1.54, 1.807) is 37.3 Å². The quantitative estimate of drug-likeness (QED) is 0.434. The molecule has 2 N–H and O–H groups in total. The van der Waals surface area contributed by atoms with Crippen LogP contribution in [0.3, 0.4) is 0 Å². The third-order valence-electron chi connectivity index (χ3n) is 4.78. The van der Waals surface area contributed by atoms with Crippen LogP contribution in [0, 0.1) is 12.7 Å². The number of aromatic nitrogens is 2. The molecule has 0 aliphatic heterocycles. The number of sulfonamides is 1. The summed E-state index contributed by atoms with van der Waals surface area (Å²) in [5, 5.41) is 8.54. The fourth-order valence-electron chi connectivity index (χ4n) is 3.31. The molecule has 0 unspecified atom stereocenters. The number of nitrogens with two attached hydrogens (primary N) is 1. The molecule has 0 saturated carbocycles. The Morgan fingerprint density at radius 3 is 2.38 bits per heavy atom. The highest BCUT2D eigenvalue weighted by molar-refractivity contribution is 7.89. The molecule has 166 valence electrons. The molecule has 0 atom stereocenters. The van der Waals surface area contributed by atoms with Crippen molar-refractivity contribution in [2.75, 3.05) is 0 Å². The van der Waals surface area contributed by atoms with Gasteiger partial charge in [-0.25, -0.2) is 22.6 Å². The Morgan fingerprint density at radius 2 is 1.81 bits per heavy atom. The van der Waals surface area contributed by atoms with Gasteiger partial charge in [0.15, 0.2) is 5.69 Å². The van der Waals surface area contributed by atoms with Crippen molar-refractivity contribution < 1.29 is 30.4 Å². The van der Waals surface area contributed by atoms with Gasteiger partial charge in [-0.05, 0) is 48.9 Å². The van der Waals surface area contributed by atoms with Gasteiger partial charge in [-0.3, -0.25) is 0 Å². The maximum absolute atomic E-state index is 14.3. The molecule has 0 aliphatic rings. The molecule has 0 fully saturated rings. The van der Waals surface area contributed by atoms with Gasteiger partial charge < -0.3 is 4.42 Å². The summed E-state index contributed by atoms with van der Waals surface area (Å²) in [4.78, 5) is -0.773. The molecule has 0 aliphatic carbocycles. The number of aryl methyl sites for hydroxylation is 1. The van der Waals surface area contributed by atoms with Crippen LogP contribution < -0.4 is 5.14 Å². The first-order valence-corrected chi connectivity index (χ1v) is 10.6. The Hall–Kier alpha value is -3.44. The van der Waals surface area contributed by atoms with Crippen molar-refractivity contribution >= 4 is 10.0 Å². The van der Waals surface area contributed by atoms with Crippen LogP contribution in [0.5, 0.6) is 0 Å². The standard InChI is InChI=1S/C21H15F4N3O3S/c1-12-9-13(4-6-15(12)18-3-2-8-31-18)17-11-20(21(23,24)25)27-28(17)14-5-7-19(16(22)10-14)32(26,29)30/h2-11H,1H3,(H2,26,29,30). The molecule has 6 nitrogen and oxygen atoms in total. The van der Waals surface area contributed by atoms with Gasteiger partial charge in [0.25, 0.3) is 0 Å². The molecule has 0 bridgehead atoms. The van der Waals surface area contributed by atoms with Gasteiger partial charge in [0.2, 0.25) is 10.0 Å². The van der Waals surface area contributed by atoms with E-state index in [1.165, 1.54) is 6.26 Å². The lowest BCUT2D eigenvalue weighted by Gasteiger charge is -2.11. The van der Waals surface area contributed by atoms with Gasteiger partial charge >= 0.3 is 6.18 Å². The van der Waals surface area contributed by atoms with Crippen molar-refractivity contribution in [3.63, 3.8) is 0 Å². The zero-order chi connectivity index (χ0) is 23.3. The van der Waals surface area contributed by atoms with Crippen LogP contribution in [-0.2, 0) is 16.2 Å². The Balaban J connectivity index is 1.88. The van der Waals surface area contributed by atoms with E-state index in [9.17, 15) is 26.0 Å². The van der Waals surface area contributed by atoms with Crippen LogP contribution in [0.2, 0.25) is 0 Å². The molecule has 4 aromatic rings. The van der Waals surface area contributed by atoms with E-state index >= 15 is 0 Å². The molecule has 0 saturated heterocycles. The molecule has 32 heavy (non-hydrogen) atoms. The number of nitrogens with zero attached hydrogens (tertiary/aromatic N) is 2. The van der Waals surface area contributed by atoms with Crippen LogP contribution in [0.4, 0.5) is 17.6 Å². The minimum Gasteiger partial charge on any atom is -0.464 e. The Labute approximate surface area is 179 Å². The molecular formula is C21H15F4N3O3S. The van der Waals surface area contributed by atoms with Crippen molar-refractivity contribution in [1.29, 1.82) is 0 Å². The van der Waals surface area contributed by atoms with Crippen molar-refractivity contribution in [2.45, 2.75) is 18.0 Å². The molecule has 4 rings (SSSR count). The molecule has 2 heterocycles. The molecule has 0 spiro atoms. The molecule has 2 aromatic carbocycles. The summed E-state index contributed by atoms with van der Waals surface area (Å²) in [6.07, 6.45) is -3.24. The number of hydrogen-bond donors (Lipinski definition) is 1. The van der Waals surface area contributed by atoms with E-state index in [0.717, 1.165) is 40.1 Å². The summed E-state index contributed by atoms with van der Waals surface area (Å²) in [6.45, 7) is 1.77. The summed E-state index contributed by atoms with van der Waals surface area (Å²) in [6, 6.07) is 12.0. The maximum Gasteiger partial charge on any atom is 0.435 e. The number of primary sulfonamides is 1. The van der Waals surface area contributed by atoms with Crippen LogP contribution in [-0.4, -0.2) is 18.2 Å². The van der Waals surface area contributed by atoms with E-state index in [4.69, 9.17) is 9.56 Å². The van der Waals surface area contributed by atoms with E-state index < -0.39 is 32.6 Å².